The van der Waals surface area contributed by atoms with Gasteiger partial charge in [0.2, 0.25) is 0 Å². The van der Waals surface area contributed by atoms with Crippen molar-refractivity contribution >= 4 is 5.65 Å². The SMILES string of the molecule is Cc1nc2c(F)cc(F)cn2n1. The van der Waals surface area contributed by atoms with Gasteiger partial charge in [0, 0.05) is 6.07 Å². The molecule has 0 saturated carbocycles. The van der Waals surface area contributed by atoms with Gasteiger partial charge >= 0.3 is 0 Å². The lowest BCUT2D eigenvalue weighted by Crippen LogP contribution is -1.92. The van der Waals surface area contributed by atoms with E-state index in [1.165, 1.54) is 0 Å². The van der Waals surface area contributed by atoms with Gasteiger partial charge in [0.15, 0.2) is 11.5 Å². The summed E-state index contributed by atoms with van der Waals surface area (Å²) in [7, 11) is 0. The Morgan fingerprint density at radius 3 is 2.92 bits per heavy atom. The zero-order valence-corrected chi connectivity index (χ0v) is 6.25. The third-order valence-corrected chi connectivity index (χ3v) is 1.46. The van der Waals surface area contributed by atoms with Crippen LogP contribution in [0.5, 0.6) is 0 Å². The van der Waals surface area contributed by atoms with E-state index in [2.05, 4.69) is 10.1 Å². The van der Waals surface area contributed by atoms with E-state index in [4.69, 9.17) is 0 Å². The molecule has 0 N–H and O–H groups in total. The predicted octanol–water partition coefficient (Wildman–Crippen LogP) is 1.32. The van der Waals surface area contributed by atoms with Crippen molar-refractivity contribution in [3.8, 4) is 0 Å². The number of hydrogen-bond donors (Lipinski definition) is 0. The molecule has 5 heteroatoms. The minimum absolute atomic E-state index is 0.0499. The van der Waals surface area contributed by atoms with Crippen LogP contribution >= 0.6 is 0 Å². The molecule has 0 spiro atoms. The summed E-state index contributed by atoms with van der Waals surface area (Å²) >= 11 is 0. The van der Waals surface area contributed by atoms with Gasteiger partial charge in [-0.25, -0.2) is 18.3 Å². The molecule has 0 aliphatic rings. The summed E-state index contributed by atoms with van der Waals surface area (Å²) in [4.78, 5) is 3.76. The first-order valence-corrected chi connectivity index (χ1v) is 3.35. The molecule has 3 nitrogen and oxygen atoms in total. The molecule has 0 saturated heterocycles. The number of fused-ring (bicyclic) bond motifs is 1. The second-order valence-corrected chi connectivity index (χ2v) is 2.43. The van der Waals surface area contributed by atoms with Crippen molar-refractivity contribution in [1.29, 1.82) is 0 Å². The van der Waals surface area contributed by atoms with Gasteiger partial charge in [-0.2, -0.15) is 5.10 Å². The molecule has 2 aromatic heterocycles. The Kier molecular flexibility index (Phi) is 1.33. The first-order chi connectivity index (χ1) is 5.66. The monoisotopic (exact) mass is 169 g/mol. The van der Waals surface area contributed by atoms with E-state index < -0.39 is 11.6 Å². The summed E-state index contributed by atoms with van der Waals surface area (Å²) in [6.45, 7) is 1.62. The van der Waals surface area contributed by atoms with Crippen molar-refractivity contribution in [2.45, 2.75) is 6.92 Å². The zero-order chi connectivity index (χ0) is 8.72. The van der Waals surface area contributed by atoms with E-state index in [1.807, 2.05) is 0 Å². The van der Waals surface area contributed by atoms with Crippen LogP contribution < -0.4 is 0 Å². The number of rotatable bonds is 0. The van der Waals surface area contributed by atoms with E-state index in [1.54, 1.807) is 6.92 Å². The van der Waals surface area contributed by atoms with E-state index in [9.17, 15) is 8.78 Å². The van der Waals surface area contributed by atoms with Gasteiger partial charge in [-0.1, -0.05) is 0 Å². The number of nitrogens with zero attached hydrogens (tertiary/aromatic N) is 3. The van der Waals surface area contributed by atoms with Gasteiger partial charge in [0.25, 0.3) is 0 Å². The Morgan fingerprint density at radius 1 is 1.42 bits per heavy atom. The second kappa shape index (κ2) is 2.23. The Morgan fingerprint density at radius 2 is 2.17 bits per heavy atom. The first kappa shape index (κ1) is 7.15. The lowest BCUT2D eigenvalue weighted by molar-refractivity contribution is 0.572. The van der Waals surface area contributed by atoms with Gasteiger partial charge in [0.05, 0.1) is 6.20 Å². The Hall–Kier alpha value is -1.52. The molecule has 0 aliphatic heterocycles. The lowest BCUT2D eigenvalue weighted by atomic mass is 10.4. The highest BCUT2D eigenvalue weighted by Gasteiger charge is 2.06. The number of aryl methyl sites for hydroxylation is 1. The minimum atomic E-state index is -0.699. The van der Waals surface area contributed by atoms with Crippen LogP contribution in [0.3, 0.4) is 0 Å². The summed E-state index contributed by atoms with van der Waals surface area (Å²) < 4.78 is 26.6. The molecule has 2 aromatic rings. The number of hydrogen-bond acceptors (Lipinski definition) is 2. The van der Waals surface area contributed by atoms with Gasteiger partial charge in [-0.05, 0) is 6.92 Å². The van der Waals surface area contributed by atoms with Gasteiger partial charge < -0.3 is 0 Å². The normalized spacial score (nSPS) is 10.9. The highest BCUT2D eigenvalue weighted by Crippen LogP contribution is 2.08. The first-order valence-electron chi connectivity index (χ1n) is 3.35. The minimum Gasteiger partial charge on any atom is -0.215 e. The largest absolute Gasteiger partial charge is 0.215 e. The molecule has 0 fully saturated rings. The van der Waals surface area contributed by atoms with Crippen molar-refractivity contribution in [1.82, 2.24) is 14.6 Å². The number of halogens is 2. The van der Waals surface area contributed by atoms with Crippen LogP contribution in [-0.4, -0.2) is 14.6 Å². The zero-order valence-electron chi connectivity index (χ0n) is 6.25. The molecule has 0 bridgehead atoms. The third-order valence-electron chi connectivity index (χ3n) is 1.46. The summed E-state index contributed by atoms with van der Waals surface area (Å²) in [5.74, 6) is -0.944. The lowest BCUT2D eigenvalue weighted by Gasteiger charge is -1.92. The molecule has 0 atom stereocenters. The number of aromatic nitrogens is 3. The molecule has 2 rings (SSSR count). The summed E-state index contributed by atoms with van der Waals surface area (Å²) in [6.07, 6.45) is 1.08. The molecule has 0 aliphatic carbocycles. The third kappa shape index (κ3) is 0.939. The molecular formula is C7H5F2N3. The molecular weight excluding hydrogens is 164 g/mol. The van der Waals surface area contributed by atoms with Gasteiger partial charge in [-0.15, -0.1) is 0 Å². The summed E-state index contributed by atoms with van der Waals surface area (Å²) in [5, 5.41) is 3.76. The van der Waals surface area contributed by atoms with Crippen molar-refractivity contribution < 1.29 is 8.78 Å². The molecule has 2 heterocycles. The van der Waals surface area contributed by atoms with Crippen LogP contribution in [0.15, 0.2) is 12.3 Å². The molecule has 0 aromatic carbocycles. The Balaban J connectivity index is 2.88. The van der Waals surface area contributed by atoms with Crippen LogP contribution in [0.2, 0.25) is 0 Å². The molecule has 0 unspecified atom stereocenters. The van der Waals surface area contributed by atoms with Crippen molar-refractivity contribution in [2.24, 2.45) is 0 Å². The fraction of sp³-hybridized carbons (Fsp3) is 0.143. The molecule has 12 heavy (non-hydrogen) atoms. The average Bonchev–Trinajstić information content (AvgIpc) is 2.29. The van der Waals surface area contributed by atoms with E-state index in [0.29, 0.717) is 5.82 Å². The Bertz CT molecular complexity index is 435. The van der Waals surface area contributed by atoms with E-state index >= 15 is 0 Å². The number of pyridine rings is 1. The molecule has 0 amide bonds. The molecule has 0 radical (unpaired) electrons. The maximum atomic E-state index is 12.9. The van der Waals surface area contributed by atoms with E-state index in [-0.39, 0.29) is 5.65 Å². The van der Waals surface area contributed by atoms with Crippen LogP contribution in [-0.2, 0) is 0 Å². The van der Waals surface area contributed by atoms with Crippen molar-refractivity contribution in [2.75, 3.05) is 0 Å². The van der Waals surface area contributed by atoms with Crippen LogP contribution in [0, 0.1) is 18.6 Å². The fourth-order valence-electron chi connectivity index (χ4n) is 1.02. The average molecular weight is 169 g/mol. The maximum absolute atomic E-state index is 12.9. The second-order valence-electron chi connectivity index (χ2n) is 2.43. The standard InChI is InChI=1S/C7H5F2N3/c1-4-10-7-6(9)2-5(8)3-12(7)11-4/h2-3H,1H3. The topological polar surface area (TPSA) is 30.2 Å². The van der Waals surface area contributed by atoms with Crippen LogP contribution in [0.1, 0.15) is 5.82 Å². The van der Waals surface area contributed by atoms with Crippen LogP contribution in [0.25, 0.3) is 5.65 Å². The summed E-state index contributed by atoms with van der Waals surface area (Å²) in [6, 6.07) is 0.781. The van der Waals surface area contributed by atoms with E-state index in [0.717, 1.165) is 16.8 Å². The fourth-order valence-corrected chi connectivity index (χ4v) is 1.02. The maximum Gasteiger partial charge on any atom is 0.191 e. The predicted molar refractivity (Wildman–Crippen MR) is 37.6 cm³/mol. The summed E-state index contributed by atoms with van der Waals surface area (Å²) in [5.41, 5.74) is 0.0499. The highest BCUT2D eigenvalue weighted by molar-refractivity contribution is 5.38. The van der Waals surface area contributed by atoms with Gasteiger partial charge in [0.1, 0.15) is 11.6 Å². The van der Waals surface area contributed by atoms with Crippen molar-refractivity contribution in [3.63, 3.8) is 0 Å². The highest BCUT2D eigenvalue weighted by atomic mass is 19.1. The smallest absolute Gasteiger partial charge is 0.191 e. The Labute approximate surface area is 66.7 Å². The quantitative estimate of drug-likeness (QED) is 0.595. The van der Waals surface area contributed by atoms with Gasteiger partial charge in [-0.3, -0.25) is 0 Å². The molecule has 62 valence electrons. The van der Waals surface area contributed by atoms with Crippen molar-refractivity contribution in [3.05, 3.63) is 29.7 Å². The van der Waals surface area contributed by atoms with Crippen LogP contribution in [0.4, 0.5) is 8.78 Å².